The lowest BCUT2D eigenvalue weighted by atomic mass is 10.0. The molecule has 230 valence electrons. The molecule has 0 bridgehead atoms. The van der Waals surface area contributed by atoms with E-state index in [0.29, 0.717) is 46.3 Å². The summed E-state index contributed by atoms with van der Waals surface area (Å²) in [5, 5.41) is 16.7. The Morgan fingerprint density at radius 3 is 2.51 bits per heavy atom. The van der Waals surface area contributed by atoms with Gasteiger partial charge in [0.15, 0.2) is 0 Å². The number of H-pyrrole nitrogens is 1. The molecule has 2 aromatic heterocycles. The molecule has 0 aliphatic rings. The number of hydrogen-bond acceptors (Lipinski definition) is 9. The first kappa shape index (κ1) is 30.5. The number of esters is 1. The largest absolute Gasteiger partial charge is 0.478 e. The Labute approximate surface area is 257 Å². The van der Waals surface area contributed by atoms with Gasteiger partial charge >= 0.3 is 11.9 Å². The van der Waals surface area contributed by atoms with E-state index in [9.17, 15) is 24.3 Å². The number of carbonyl (C=O) groups excluding carboxylic acids is 3. The normalized spacial score (nSPS) is 11.7. The summed E-state index contributed by atoms with van der Waals surface area (Å²) in [5.74, 6) is -2.19. The highest BCUT2D eigenvalue weighted by Crippen LogP contribution is 2.25. The number of aromatic amines is 1. The van der Waals surface area contributed by atoms with Crippen molar-refractivity contribution in [2.45, 2.75) is 31.7 Å². The van der Waals surface area contributed by atoms with Crippen molar-refractivity contribution >= 4 is 63.0 Å². The van der Waals surface area contributed by atoms with Crippen LogP contribution in [0.5, 0.6) is 0 Å². The van der Waals surface area contributed by atoms with E-state index in [1.807, 2.05) is 18.3 Å². The zero-order chi connectivity index (χ0) is 32.1. The molecule has 1 atom stereocenters. The molecule has 0 aliphatic carbocycles. The maximum Gasteiger partial charge on any atom is 0.336 e. The number of amides is 2. The van der Waals surface area contributed by atoms with E-state index in [-0.39, 0.29) is 30.3 Å². The van der Waals surface area contributed by atoms with Gasteiger partial charge in [-0.05, 0) is 71.5 Å². The molecule has 0 aliphatic heterocycles. The molecular formula is C32H31N7O6. The van der Waals surface area contributed by atoms with Crippen molar-refractivity contribution in [1.82, 2.24) is 20.3 Å². The Morgan fingerprint density at radius 1 is 1.00 bits per heavy atom. The molecule has 3 aromatic carbocycles. The van der Waals surface area contributed by atoms with Crippen molar-refractivity contribution in [2.75, 3.05) is 23.9 Å². The standard InChI is InChI=1S/C32H31N7O6/c1-45-31(44)24(13-14-25(40)36-21-11-12-22-19(15-21)3-2-4-23(22)30(42)43)37-29(41)18-8-5-17(6-9-18)7-10-20-16-35-28-26(20)27(33)38-32(34)39-28/h2-6,8-9,11-12,15-16,24H,7,10,13-14H2,1H3,(H,36,40)(H,37,41)(H,42,43)(H5,33,34,35,38,39)/t24-/m0/s1. The van der Waals surface area contributed by atoms with Gasteiger partial charge in [-0.3, -0.25) is 9.59 Å². The predicted octanol–water partition coefficient (Wildman–Crippen LogP) is 3.45. The molecule has 0 radical (unpaired) electrons. The van der Waals surface area contributed by atoms with Crippen molar-refractivity contribution in [1.29, 1.82) is 0 Å². The first-order valence-electron chi connectivity index (χ1n) is 14.1. The van der Waals surface area contributed by atoms with Crippen molar-refractivity contribution in [3.63, 3.8) is 0 Å². The molecule has 5 aromatic rings. The number of nitrogens with two attached hydrogens (primary N) is 2. The monoisotopic (exact) mass is 609 g/mol. The first-order chi connectivity index (χ1) is 21.6. The summed E-state index contributed by atoms with van der Waals surface area (Å²) in [7, 11) is 1.21. The summed E-state index contributed by atoms with van der Waals surface area (Å²) in [6, 6.07) is 15.7. The summed E-state index contributed by atoms with van der Waals surface area (Å²) < 4.78 is 4.85. The Balaban J connectivity index is 1.17. The number of fused-ring (bicyclic) bond motifs is 2. The number of carbonyl (C=O) groups is 4. The number of ether oxygens (including phenoxy) is 1. The Hall–Kier alpha value is -5.98. The number of anilines is 3. The Morgan fingerprint density at radius 2 is 1.78 bits per heavy atom. The SMILES string of the molecule is COC(=O)[C@H](CCC(=O)Nc1ccc2c(C(=O)O)cccc2c1)NC(=O)c1ccc(CCc2c[nH]c3nc(N)nc(N)c23)cc1. The van der Waals surface area contributed by atoms with Gasteiger partial charge < -0.3 is 36.9 Å². The van der Waals surface area contributed by atoms with Crippen LogP contribution >= 0.6 is 0 Å². The van der Waals surface area contributed by atoms with Crippen LogP contribution in [0.1, 0.15) is 44.7 Å². The molecule has 0 spiro atoms. The molecule has 5 rings (SSSR count). The average molecular weight is 610 g/mol. The third kappa shape index (κ3) is 6.99. The van der Waals surface area contributed by atoms with Gasteiger partial charge in [0.25, 0.3) is 5.91 Å². The number of nitrogen functional groups attached to an aromatic ring is 2. The number of aryl methyl sites for hydroxylation is 2. The third-order valence-corrected chi connectivity index (χ3v) is 7.40. The number of benzene rings is 3. The lowest BCUT2D eigenvalue weighted by Crippen LogP contribution is -2.42. The van der Waals surface area contributed by atoms with Crippen LogP contribution in [0.15, 0.2) is 66.9 Å². The molecule has 0 fully saturated rings. The van der Waals surface area contributed by atoms with Gasteiger partial charge in [-0.25, -0.2) is 9.59 Å². The number of aromatic carboxylic acids is 1. The van der Waals surface area contributed by atoms with Crippen LogP contribution < -0.4 is 22.1 Å². The lowest BCUT2D eigenvalue weighted by Gasteiger charge is -2.17. The van der Waals surface area contributed by atoms with Crippen LogP contribution in [0.25, 0.3) is 21.8 Å². The smallest absolute Gasteiger partial charge is 0.336 e. The van der Waals surface area contributed by atoms with Gasteiger partial charge in [-0.1, -0.05) is 30.3 Å². The Kier molecular flexibility index (Phi) is 8.89. The van der Waals surface area contributed by atoms with Crippen LogP contribution in [0, 0.1) is 0 Å². The molecule has 0 unspecified atom stereocenters. The summed E-state index contributed by atoms with van der Waals surface area (Å²) in [4.78, 5) is 60.8. The molecule has 2 heterocycles. The highest BCUT2D eigenvalue weighted by Gasteiger charge is 2.23. The molecular weight excluding hydrogens is 578 g/mol. The number of nitrogens with zero attached hydrogens (tertiary/aromatic N) is 2. The van der Waals surface area contributed by atoms with Gasteiger partial charge in [-0.2, -0.15) is 9.97 Å². The van der Waals surface area contributed by atoms with Crippen LogP contribution in [0.2, 0.25) is 0 Å². The summed E-state index contributed by atoms with van der Waals surface area (Å²) in [5.41, 5.74) is 15.2. The number of aromatic nitrogens is 3. The average Bonchev–Trinajstić information content (AvgIpc) is 3.44. The van der Waals surface area contributed by atoms with Gasteiger partial charge in [0, 0.05) is 23.9 Å². The van der Waals surface area contributed by atoms with Crippen molar-refractivity contribution in [2.24, 2.45) is 0 Å². The molecule has 2 amide bonds. The maximum atomic E-state index is 13.0. The minimum Gasteiger partial charge on any atom is -0.478 e. The number of carboxylic acid groups (broad SMARTS) is 1. The highest BCUT2D eigenvalue weighted by molar-refractivity contribution is 6.05. The zero-order valence-electron chi connectivity index (χ0n) is 24.3. The first-order valence-corrected chi connectivity index (χ1v) is 14.1. The fourth-order valence-electron chi connectivity index (χ4n) is 5.12. The van der Waals surface area contributed by atoms with Crippen LogP contribution in [-0.2, 0) is 27.2 Å². The second kappa shape index (κ2) is 13.1. The number of methoxy groups -OCH3 is 1. The minimum atomic E-state index is -1.05. The van der Waals surface area contributed by atoms with E-state index in [1.54, 1.807) is 42.5 Å². The van der Waals surface area contributed by atoms with Gasteiger partial charge in [0.2, 0.25) is 11.9 Å². The van der Waals surface area contributed by atoms with E-state index in [0.717, 1.165) is 16.5 Å². The van der Waals surface area contributed by atoms with Crippen LogP contribution in [0.3, 0.4) is 0 Å². The minimum absolute atomic E-state index is 0.00217. The van der Waals surface area contributed by atoms with Crippen molar-refractivity contribution < 1.29 is 29.0 Å². The molecule has 13 heteroatoms. The summed E-state index contributed by atoms with van der Waals surface area (Å²) in [6.45, 7) is 0. The molecule has 13 nitrogen and oxygen atoms in total. The number of hydrogen-bond donors (Lipinski definition) is 6. The fourth-order valence-corrected chi connectivity index (χ4v) is 5.12. The summed E-state index contributed by atoms with van der Waals surface area (Å²) in [6.07, 6.45) is 3.06. The van der Waals surface area contributed by atoms with Crippen LogP contribution in [0.4, 0.5) is 17.5 Å². The topological polar surface area (TPSA) is 215 Å². The van der Waals surface area contributed by atoms with E-state index in [4.69, 9.17) is 16.2 Å². The lowest BCUT2D eigenvalue weighted by molar-refractivity contribution is -0.143. The predicted molar refractivity (Wildman–Crippen MR) is 169 cm³/mol. The highest BCUT2D eigenvalue weighted by atomic mass is 16.5. The maximum absolute atomic E-state index is 13.0. The Bertz CT molecular complexity index is 1920. The number of nitrogens with one attached hydrogen (secondary N) is 3. The third-order valence-electron chi connectivity index (χ3n) is 7.40. The summed E-state index contributed by atoms with van der Waals surface area (Å²) >= 11 is 0. The molecule has 45 heavy (non-hydrogen) atoms. The number of carboxylic acids is 1. The van der Waals surface area contributed by atoms with E-state index in [2.05, 4.69) is 25.6 Å². The molecule has 0 saturated heterocycles. The van der Waals surface area contributed by atoms with E-state index in [1.165, 1.54) is 13.2 Å². The van der Waals surface area contributed by atoms with Crippen LogP contribution in [-0.4, -0.2) is 57.0 Å². The van der Waals surface area contributed by atoms with Gasteiger partial charge in [0.1, 0.15) is 17.5 Å². The van der Waals surface area contributed by atoms with Gasteiger partial charge in [0.05, 0.1) is 18.1 Å². The number of rotatable bonds is 11. The zero-order valence-corrected chi connectivity index (χ0v) is 24.3. The fraction of sp³-hybridized carbons (Fsp3) is 0.188. The molecule has 8 N–H and O–H groups in total. The quantitative estimate of drug-likeness (QED) is 0.120. The second-order valence-corrected chi connectivity index (χ2v) is 10.4. The van der Waals surface area contributed by atoms with E-state index < -0.39 is 23.9 Å². The van der Waals surface area contributed by atoms with E-state index >= 15 is 0 Å². The molecule has 0 saturated carbocycles. The van der Waals surface area contributed by atoms with Gasteiger partial charge in [-0.15, -0.1) is 0 Å². The van der Waals surface area contributed by atoms with Crippen molar-refractivity contribution in [3.8, 4) is 0 Å². The van der Waals surface area contributed by atoms with Crippen molar-refractivity contribution in [3.05, 3.63) is 89.1 Å². The second-order valence-electron chi connectivity index (χ2n) is 10.4.